The van der Waals surface area contributed by atoms with Crippen LogP contribution in [0.15, 0.2) is 42.5 Å². The number of hydrogen-bond donors (Lipinski definition) is 0. The van der Waals surface area contributed by atoms with E-state index in [1.54, 1.807) is 24.3 Å². The fourth-order valence-corrected chi connectivity index (χ4v) is 3.16. The van der Waals surface area contributed by atoms with Gasteiger partial charge in [0.1, 0.15) is 11.4 Å². The Bertz CT molecular complexity index is 827. The van der Waals surface area contributed by atoms with Crippen LogP contribution < -0.4 is 9.64 Å². The molecule has 25 heavy (non-hydrogen) atoms. The average Bonchev–Trinajstić information content (AvgIpc) is 2.58. The van der Waals surface area contributed by atoms with Gasteiger partial charge in [0.2, 0.25) is 0 Å². The van der Waals surface area contributed by atoms with Crippen LogP contribution in [0, 0.1) is 0 Å². The van der Waals surface area contributed by atoms with Gasteiger partial charge in [-0.3, -0.25) is 0 Å². The summed E-state index contributed by atoms with van der Waals surface area (Å²) < 4.78 is 5.46. The lowest BCUT2D eigenvalue weighted by Crippen LogP contribution is -2.35. The molecule has 2 aromatic carbocycles. The molecular weight excluding hydrogens is 313 g/mol. The smallest absolute Gasteiger partial charge is 0.343 e. The van der Waals surface area contributed by atoms with Crippen LogP contribution in [0.3, 0.4) is 0 Å². The summed E-state index contributed by atoms with van der Waals surface area (Å²) in [5.41, 5.74) is 3.48. The minimum atomic E-state index is -0.387. The number of ether oxygens (including phenoxy) is 1. The summed E-state index contributed by atoms with van der Waals surface area (Å²) in [4.78, 5) is 26.0. The van der Waals surface area contributed by atoms with Crippen molar-refractivity contribution in [3.8, 4) is 5.75 Å². The summed E-state index contributed by atoms with van der Waals surface area (Å²) in [6.45, 7) is 5.41. The lowest BCUT2D eigenvalue weighted by atomic mass is 9.77. The summed E-state index contributed by atoms with van der Waals surface area (Å²) in [5.74, 6) is 0.0477. The van der Waals surface area contributed by atoms with Gasteiger partial charge in [0, 0.05) is 24.8 Å². The second-order valence-electron chi connectivity index (χ2n) is 7.26. The summed E-state index contributed by atoms with van der Waals surface area (Å²) >= 11 is 0. The van der Waals surface area contributed by atoms with E-state index in [1.165, 1.54) is 19.1 Å². The van der Waals surface area contributed by atoms with Gasteiger partial charge in [-0.2, -0.15) is 0 Å². The van der Waals surface area contributed by atoms with Gasteiger partial charge in [-0.1, -0.05) is 13.8 Å². The number of anilines is 1. The molecule has 0 radical (unpaired) electrons. The predicted molar refractivity (Wildman–Crippen MR) is 102 cm³/mol. The number of carbonyl (C=O) groups is 2. The summed E-state index contributed by atoms with van der Waals surface area (Å²) in [6.07, 6.45) is 1.04. The van der Waals surface area contributed by atoms with Crippen LogP contribution in [0.5, 0.6) is 5.75 Å². The van der Waals surface area contributed by atoms with E-state index in [-0.39, 0.29) is 17.1 Å². The number of benzene rings is 2. The Labute approximate surface area is 149 Å². The van der Waals surface area contributed by atoms with Gasteiger partial charge >= 0.3 is 5.97 Å². The Morgan fingerprint density at radius 2 is 1.72 bits per heavy atom. The molecule has 0 saturated carbocycles. The average molecular weight is 335 g/mol. The Kier molecular flexibility index (Phi) is 4.42. The predicted octanol–water partition coefficient (Wildman–Crippen LogP) is 2.80. The Morgan fingerprint density at radius 3 is 2.36 bits per heavy atom. The number of fused-ring (bicyclic) bond motifs is 1. The molecule has 3 rings (SSSR count). The van der Waals surface area contributed by atoms with Gasteiger partial charge in [-0.25, -0.2) is 4.79 Å². The normalized spacial score (nSPS) is 15.4. The van der Waals surface area contributed by atoms with Crippen molar-refractivity contribution in [1.29, 1.82) is 0 Å². The van der Waals surface area contributed by atoms with Gasteiger partial charge in [-0.05, 0) is 59.9 Å². The summed E-state index contributed by atoms with van der Waals surface area (Å²) in [7, 11) is 3.58. The molecule has 1 aliphatic rings. The van der Waals surface area contributed by atoms with E-state index in [4.69, 9.17) is 4.74 Å². The van der Waals surface area contributed by atoms with Gasteiger partial charge in [0.25, 0.3) is 0 Å². The maximum Gasteiger partial charge on any atom is 0.343 e. The van der Waals surface area contributed by atoms with Crippen molar-refractivity contribution in [3.05, 3.63) is 59.2 Å². The zero-order valence-corrected chi connectivity index (χ0v) is 15.1. The largest absolute Gasteiger partial charge is 0.423 e. The highest BCUT2D eigenvalue weighted by Gasteiger charge is 2.30. The highest BCUT2D eigenvalue weighted by atomic mass is 16.5. The van der Waals surface area contributed by atoms with Crippen LogP contribution in [0.4, 0.5) is 5.69 Å². The highest BCUT2D eigenvalue weighted by Crippen LogP contribution is 2.39. The fraction of sp³-hybridized carbons (Fsp3) is 0.300. The van der Waals surface area contributed by atoms with Crippen molar-refractivity contribution in [2.45, 2.75) is 25.7 Å². The molecule has 0 aliphatic carbocycles. The standard InChI is InChI=1S/C20H22BNO3/c1-20(2)10-11-22(3)17-9-6-14(12-16(17)20)19(24)25-15-7-4-13(5-8-15)18(21)23/h4-9,12H,10-11,21H2,1-3H3. The first-order valence-electron chi connectivity index (χ1n) is 8.47. The monoisotopic (exact) mass is 335 g/mol. The van der Waals surface area contributed by atoms with Crippen molar-refractivity contribution >= 4 is 25.2 Å². The van der Waals surface area contributed by atoms with Gasteiger partial charge in [-0.15, -0.1) is 0 Å². The van der Waals surface area contributed by atoms with Crippen molar-refractivity contribution in [2.75, 3.05) is 18.5 Å². The molecule has 0 aromatic heterocycles. The van der Waals surface area contributed by atoms with Crippen LogP contribution in [0.1, 0.15) is 46.5 Å². The molecule has 1 heterocycles. The molecule has 1 aliphatic heterocycles. The summed E-state index contributed by atoms with van der Waals surface area (Å²) in [5, 5.41) is 0. The van der Waals surface area contributed by atoms with Crippen molar-refractivity contribution in [2.24, 2.45) is 0 Å². The van der Waals surface area contributed by atoms with E-state index in [0.717, 1.165) is 13.0 Å². The van der Waals surface area contributed by atoms with Crippen LogP contribution in [0.25, 0.3) is 0 Å². The number of rotatable bonds is 3. The van der Waals surface area contributed by atoms with Crippen LogP contribution >= 0.6 is 0 Å². The number of carbonyl (C=O) groups excluding carboxylic acids is 2. The Morgan fingerprint density at radius 1 is 1.08 bits per heavy atom. The van der Waals surface area contributed by atoms with E-state index in [1.807, 2.05) is 18.2 Å². The van der Waals surface area contributed by atoms with Gasteiger partial charge in [0.15, 0.2) is 7.85 Å². The quantitative estimate of drug-likeness (QED) is 0.492. The highest BCUT2D eigenvalue weighted by molar-refractivity contribution is 6.62. The first-order valence-corrected chi connectivity index (χ1v) is 8.47. The van der Waals surface area contributed by atoms with E-state index in [0.29, 0.717) is 16.9 Å². The first-order chi connectivity index (χ1) is 11.8. The van der Waals surface area contributed by atoms with Crippen LogP contribution in [0.2, 0.25) is 0 Å². The third kappa shape index (κ3) is 3.45. The number of hydrogen-bond acceptors (Lipinski definition) is 4. The molecule has 0 spiro atoms. The Hall–Kier alpha value is -2.56. The zero-order valence-electron chi connectivity index (χ0n) is 15.1. The molecule has 0 unspecified atom stereocenters. The van der Waals surface area contributed by atoms with E-state index in [9.17, 15) is 9.59 Å². The second kappa shape index (κ2) is 6.39. The molecular formula is C20H22BNO3. The topological polar surface area (TPSA) is 46.6 Å². The first kappa shape index (κ1) is 17.3. The summed E-state index contributed by atoms with van der Waals surface area (Å²) in [6, 6.07) is 12.4. The van der Waals surface area contributed by atoms with E-state index < -0.39 is 0 Å². The van der Waals surface area contributed by atoms with E-state index in [2.05, 4.69) is 25.8 Å². The zero-order chi connectivity index (χ0) is 18.2. The molecule has 0 fully saturated rings. The minimum absolute atomic E-state index is 0.0149. The molecule has 0 bridgehead atoms. The van der Waals surface area contributed by atoms with Crippen molar-refractivity contribution in [1.82, 2.24) is 0 Å². The lowest BCUT2D eigenvalue weighted by molar-refractivity contribution is 0.0734. The molecule has 0 saturated heterocycles. The third-order valence-electron chi connectivity index (χ3n) is 4.92. The third-order valence-corrected chi connectivity index (χ3v) is 4.92. The van der Waals surface area contributed by atoms with E-state index >= 15 is 0 Å². The van der Waals surface area contributed by atoms with Crippen molar-refractivity contribution in [3.63, 3.8) is 0 Å². The number of esters is 1. The molecule has 0 amide bonds. The van der Waals surface area contributed by atoms with Gasteiger partial charge < -0.3 is 14.4 Å². The molecule has 128 valence electrons. The van der Waals surface area contributed by atoms with Crippen LogP contribution in [-0.4, -0.2) is 33.1 Å². The minimum Gasteiger partial charge on any atom is -0.423 e. The SMILES string of the molecule is BC(=O)c1ccc(OC(=O)c2ccc3c(c2)C(C)(C)CCN3C)cc1. The van der Waals surface area contributed by atoms with Gasteiger partial charge in [0.05, 0.1) is 5.56 Å². The molecule has 4 nitrogen and oxygen atoms in total. The molecule has 0 atom stereocenters. The molecule has 0 N–H and O–H groups in total. The number of nitrogens with zero attached hydrogens (tertiary/aromatic N) is 1. The maximum absolute atomic E-state index is 12.5. The maximum atomic E-state index is 12.5. The Balaban J connectivity index is 1.84. The lowest BCUT2D eigenvalue weighted by Gasteiger charge is -2.38. The fourth-order valence-electron chi connectivity index (χ4n) is 3.16. The van der Waals surface area contributed by atoms with Crippen molar-refractivity contribution < 1.29 is 14.3 Å². The molecule has 2 aromatic rings. The van der Waals surface area contributed by atoms with Crippen LogP contribution in [-0.2, 0) is 5.41 Å². The second-order valence-corrected chi connectivity index (χ2v) is 7.26. The molecule has 5 heteroatoms.